The number of rotatable bonds is 20. The summed E-state index contributed by atoms with van der Waals surface area (Å²) < 4.78 is 5.27. The maximum absolute atomic E-state index is 13.5. The Morgan fingerprint density at radius 1 is 0.933 bits per heavy atom. The lowest BCUT2D eigenvalue weighted by atomic mass is 9.94. The molecule has 0 spiro atoms. The Morgan fingerprint density at radius 2 is 1.51 bits per heavy atom. The van der Waals surface area contributed by atoms with Crippen molar-refractivity contribution in [2.24, 2.45) is 17.4 Å². The Hall–Kier alpha value is -4.54. The summed E-state index contributed by atoms with van der Waals surface area (Å²) in [7, 11) is 0. The largest absolute Gasteiger partial charge is 0.480 e. The molecule has 0 bridgehead atoms. The van der Waals surface area contributed by atoms with Crippen LogP contribution in [0.15, 0.2) is 12.5 Å². The number of alkyl carbamates (subject to hydrolysis) is 1. The van der Waals surface area contributed by atoms with E-state index in [-0.39, 0.29) is 32.1 Å². The molecule has 0 saturated carbocycles. The minimum absolute atomic E-state index is 0.0462. The van der Waals surface area contributed by atoms with Gasteiger partial charge in [0.1, 0.15) is 23.7 Å². The van der Waals surface area contributed by atoms with Gasteiger partial charge >= 0.3 is 12.1 Å². The lowest BCUT2D eigenvalue weighted by Gasteiger charge is -2.28. The van der Waals surface area contributed by atoms with Crippen LogP contribution in [0.1, 0.15) is 72.4 Å². The highest BCUT2D eigenvalue weighted by Gasteiger charge is 2.33. The van der Waals surface area contributed by atoms with Crippen molar-refractivity contribution in [1.29, 1.82) is 0 Å². The molecule has 0 aliphatic rings. The van der Waals surface area contributed by atoms with Crippen molar-refractivity contribution in [3.8, 4) is 0 Å². The summed E-state index contributed by atoms with van der Waals surface area (Å²) >= 11 is 0. The number of nitrogens with zero attached hydrogens (tertiary/aromatic N) is 1. The molecular weight excluding hydrogens is 592 g/mol. The molecule has 5 amide bonds. The number of carbonyl (C=O) groups is 7. The van der Waals surface area contributed by atoms with Gasteiger partial charge in [0, 0.05) is 31.2 Å². The number of carbonyl (C=O) groups excluding carboxylic acids is 6. The number of nitrogens with one attached hydrogen (secondary N) is 5. The van der Waals surface area contributed by atoms with Crippen LogP contribution in [0.25, 0.3) is 0 Å². The Labute approximate surface area is 261 Å². The van der Waals surface area contributed by atoms with E-state index in [4.69, 9.17) is 16.2 Å². The second-order valence-corrected chi connectivity index (χ2v) is 11.7. The second-order valence-electron chi connectivity index (χ2n) is 11.7. The predicted octanol–water partition coefficient (Wildman–Crippen LogP) is -0.996. The van der Waals surface area contributed by atoms with E-state index in [1.165, 1.54) is 12.5 Å². The number of amides is 5. The number of Topliss-reactive ketones (excluding diaryl/α,β-unsaturated/α-hetero) is 1. The lowest BCUT2D eigenvalue weighted by molar-refractivity contribution is -0.140. The van der Waals surface area contributed by atoms with E-state index >= 15 is 0 Å². The van der Waals surface area contributed by atoms with Crippen LogP contribution in [0.3, 0.4) is 0 Å². The molecule has 5 atom stereocenters. The highest BCUT2D eigenvalue weighted by molar-refractivity contribution is 5.95. The van der Waals surface area contributed by atoms with E-state index in [0.717, 1.165) is 0 Å². The van der Waals surface area contributed by atoms with Crippen LogP contribution >= 0.6 is 0 Å². The molecule has 45 heavy (non-hydrogen) atoms. The van der Waals surface area contributed by atoms with E-state index in [1.54, 1.807) is 34.6 Å². The highest BCUT2D eigenvalue weighted by atomic mass is 16.6. The third kappa shape index (κ3) is 15.1. The van der Waals surface area contributed by atoms with E-state index in [1.807, 2.05) is 0 Å². The van der Waals surface area contributed by atoms with Crippen molar-refractivity contribution in [3.63, 3.8) is 0 Å². The van der Waals surface area contributed by atoms with E-state index in [2.05, 4.69) is 31.2 Å². The number of ketones is 1. The first-order valence-corrected chi connectivity index (χ1v) is 14.6. The van der Waals surface area contributed by atoms with Gasteiger partial charge in [-0.2, -0.15) is 0 Å². The van der Waals surface area contributed by atoms with Crippen LogP contribution in [0.4, 0.5) is 4.79 Å². The van der Waals surface area contributed by atoms with Crippen molar-refractivity contribution < 1.29 is 43.4 Å². The molecule has 0 aromatic carbocycles. The summed E-state index contributed by atoms with van der Waals surface area (Å²) in [5.41, 5.74) is 10.0. The molecule has 0 radical (unpaired) electrons. The molecule has 17 heteroatoms. The number of hydrogen-bond acceptors (Lipinski definition) is 10. The summed E-state index contributed by atoms with van der Waals surface area (Å²) in [6, 6.07) is -4.91. The number of carboxylic acid groups (broad SMARTS) is 1. The molecule has 1 aromatic heterocycles. The van der Waals surface area contributed by atoms with E-state index in [9.17, 15) is 38.7 Å². The number of imidazole rings is 1. The van der Waals surface area contributed by atoms with Gasteiger partial charge in [-0.1, -0.05) is 20.3 Å². The van der Waals surface area contributed by atoms with E-state index < -0.39 is 83.7 Å². The Morgan fingerprint density at radius 3 is 2.00 bits per heavy atom. The molecule has 0 unspecified atom stereocenters. The van der Waals surface area contributed by atoms with Crippen LogP contribution < -0.4 is 32.7 Å². The SMILES string of the molecule is CC[C@H](C)[C@H](NC(=O)[C@H](CCC(N)=O)NC(=O)[C@H](Cc1cnc[nH]1)NC(=O)OC(C)(C)C)C(=O)CN[C@@H](CCC(N)=O)C(=O)O. The molecule has 17 nitrogen and oxygen atoms in total. The summed E-state index contributed by atoms with van der Waals surface area (Å²) in [5.74, 6) is -5.27. The Kier molecular flexibility index (Phi) is 15.7. The molecule has 252 valence electrons. The number of H-pyrrole nitrogens is 1. The molecule has 0 saturated heterocycles. The average Bonchev–Trinajstić information content (AvgIpc) is 3.44. The normalized spacial score (nSPS) is 14.6. The number of aliphatic carboxylic acids is 1. The van der Waals surface area contributed by atoms with Gasteiger partial charge in [-0.25, -0.2) is 9.78 Å². The molecule has 1 heterocycles. The van der Waals surface area contributed by atoms with Gasteiger partial charge in [0.15, 0.2) is 5.78 Å². The van der Waals surface area contributed by atoms with Gasteiger partial charge in [0.25, 0.3) is 0 Å². The van der Waals surface area contributed by atoms with Crippen molar-refractivity contribution in [3.05, 3.63) is 18.2 Å². The van der Waals surface area contributed by atoms with Crippen molar-refractivity contribution in [2.75, 3.05) is 6.54 Å². The van der Waals surface area contributed by atoms with Gasteiger partial charge in [-0.15, -0.1) is 0 Å². The predicted molar refractivity (Wildman–Crippen MR) is 160 cm³/mol. The first kappa shape index (κ1) is 38.5. The van der Waals surface area contributed by atoms with Crippen LogP contribution in [-0.2, 0) is 39.9 Å². The topological polar surface area (TPSA) is 278 Å². The zero-order valence-electron chi connectivity index (χ0n) is 26.3. The average molecular weight is 639 g/mol. The molecule has 0 aliphatic heterocycles. The van der Waals surface area contributed by atoms with Crippen molar-refractivity contribution in [2.45, 2.75) is 103 Å². The van der Waals surface area contributed by atoms with Crippen LogP contribution in [0.2, 0.25) is 0 Å². The summed E-state index contributed by atoms with van der Waals surface area (Å²) in [5, 5.41) is 19.6. The number of carboxylic acids is 1. The van der Waals surface area contributed by atoms with Gasteiger partial charge in [-0.05, 0) is 39.5 Å². The Bertz CT molecular complexity index is 1180. The fourth-order valence-electron chi connectivity index (χ4n) is 4.07. The number of hydrogen-bond donors (Lipinski definition) is 8. The molecular formula is C28H46N8O9. The zero-order chi connectivity index (χ0) is 34.3. The van der Waals surface area contributed by atoms with Crippen LogP contribution in [0, 0.1) is 5.92 Å². The number of aromatic nitrogens is 2. The summed E-state index contributed by atoms with van der Waals surface area (Å²) in [6.45, 7) is 7.98. The smallest absolute Gasteiger partial charge is 0.408 e. The first-order chi connectivity index (χ1) is 20.9. The van der Waals surface area contributed by atoms with E-state index in [0.29, 0.717) is 12.1 Å². The third-order valence-electron chi connectivity index (χ3n) is 6.66. The number of nitrogens with two attached hydrogens (primary N) is 2. The fourth-order valence-corrected chi connectivity index (χ4v) is 4.07. The summed E-state index contributed by atoms with van der Waals surface area (Å²) in [4.78, 5) is 93.5. The van der Waals surface area contributed by atoms with Gasteiger partial charge in [0.05, 0.1) is 18.9 Å². The number of aromatic amines is 1. The third-order valence-corrected chi connectivity index (χ3v) is 6.66. The molecule has 0 aliphatic carbocycles. The second kappa shape index (κ2) is 18.3. The van der Waals surface area contributed by atoms with Gasteiger partial charge < -0.3 is 42.2 Å². The Balaban J connectivity index is 3.16. The van der Waals surface area contributed by atoms with Crippen molar-refractivity contribution >= 4 is 41.5 Å². The molecule has 0 fully saturated rings. The van der Waals surface area contributed by atoms with Crippen molar-refractivity contribution in [1.82, 2.24) is 31.2 Å². The van der Waals surface area contributed by atoms with Gasteiger partial charge in [0.2, 0.25) is 23.6 Å². The minimum Gasteiger partial charge on any atom is -0.480 e. The first-order valence-electron chi connectivity index (χ1n) is 14.6. The zero-order valence-corrected chi connectivity index (χ0v) is 26.3. The number of primary amides is 2. The van der Waals surface area contributed by atoms with Crippen LogP contribution in [0.5, 0.6) is 0 Å². The lowest BCUT2D eigenvalue weighted by Crippen LogP contribution is -2.58. The number of ether oxygens (including phenoxy) is 1. The quantitative estimate of drug-likeness (QED) is 0.0858. The fraction of sp³-hybridized carbons (Fsp3) is 0.643. The molecule has 10 N–H and O–H groups in total. The maximum atomic E-state index is 13.5. The standard InChI is InChI=1S/C28H46N8O9/c1-6-15(2)23(20(37)13-32-18(26(42)43)8-10-22(30)39)36-24(40)17(7-9-21(29)38)34-25(41)19(11-16-12-31-14-33-16)35-27(44)45-28(3,4)5/h12,14-15,17-19,23,32H,6-11,13H2,1-5H3,(H2,29,38)(H2,30,39)(H,31,33)(H,34,41)(H,35,44)(H,36,40)(H,42,43)/t15-,17-,18-,19-,23-/m0/s1. The monoisotopic (exact) mass is 638 g/mol. The maximum Gasteiger partial charge on any atom is 0.408 e. The highest BCUT2D eigenvalue weighted by Crippen LogP contribution is 2.12. The molecule has 1 rings (SSSR count). The van der Waals surface area contributed by atoms with Crippen LogP contribution in [-0.4, -0.2) is 92.9 Å². The van der Waals surface area contributed by atoms with Gasteiger partial charge in [-0.3, -0.25) is 34.1 Å². The summed E-state index contributed by atoms with van der Waals surface area (Å²) in [6.07, 6.45) is 1.50. The minimum atomic E-state index is -1.34. The molecule has 1 aromatic rings.